The van der Waals surface area contributed by atoms with Crippen molar-refractivity contribution in [3.8, 4) is 0 Å². The molecule has 7 heteroatoms. The molecule has 1 aliphatic heterocycles. The SMILES string of the molecule is Cc1cn([C@H]2C[C@@H]([18F])[C@@H](CO)O2)c(=O)[nH]c1=O. The van der Waals surface area contributed by atoms with Crippen molar-refractivity contribution in [3.05, 3.63) is 32.6 Å². The Morgan fingerprint density at radius 1 is 1.65 bits per heavy atom. The van der Waals surface area contributed by atoms with E-state index >= 15 is 0 Å². The van der Waals surface area contributed by atoms with Crippen molar-refractivity contribution < 1.29 is 14.2 Å². The number of aromatic nitrogens is 2. The average Bonchev–Trinajstić information content (AvgIpc) is 2.65. The molecule has 94 valence electrons. The van der Waals surface area contributed by atoms with Gasteiger partial charge in [0, 0.05) is 18.2 Å². The fraction of sp³-hybridized carbons (Fsp3) is 0.600. The van der Waals surface area contributed by atoms with Gasteiger partial charge in [-0.2, -0.15) is 0 Å². The van der Waals surface area contributed by atoms with Crippen LogP contribution in [0, 0.1) is 6.92 Å². The van der Waals surface area contributed by atoms with Gasteiger partial charge in [-0.1, -0.05) is 0 Å². The Morgan fingerprint density at radius 3 is 2.94 bits per heavy atom. The summed E-state index contributed by atoms with van der Waals surface area (Å²) in [5.41, 5.74) is -0.771. The van der Waals surface area contributed by atoms with E-state index in [1.54, 1.807) is 6.92 Å². The van der Waals surface area contributed by atoms with Crippen LogP contribution in [-0.2, 0) is 4.74 Å². The molecule has 0 aliphatic carbocycles. The third-order valence-corrected chi connectivity index (χ3v) is 2.80. The number of ether oxygens (including phenoxy) is 1. The number of nitrogens with one attached hydrogen (secondary N) is 1. The summed E-state index contributed by atoms with van der Waals surface area (Å²) in [5, 5.41) is 8.86. The Kier molecular flexibility index (Phi) is 3.12. The van der Waals surface area contributed by atoms with Gasteiger partial charge in [0.05, 0.1) is 6.61 Å². The summed E-state index contributed by atoms with van der Waals surface area (Å²) in [6.07, 6.45) is -1.71. The molecule has 0 saturated carbocycles. The number of halogens is 1. The number of aliphatic hydroxyl groups excluding tert-OH is 1. The second kappa shape index (κ2) is 4.42. The zero-order valence-corrected chi connectivity index (χ0v) is 9.22. The molecular weight excluding hydrogens is 230 g/mol. The molecule has 0 radical (unpaired) electrons. The van der Waals surface area contributed by atoms with E-state index in [1.165, 1.54) is 6.20 Å². The lowest BCUT2D eigenvalue weighted by atomic mass is 10.2. The van der Waals surface area contributed by atoms with Crippen LogP contribution in [0.3, 0.4) is 0 Å². The number of H-pyrrole nitrogens is 1. The van der Waals surface area contributed by atoms with E-state index in [2.05, 4.69) is 4.98 Å². The van der Waals surface area contributed by atoms with Gasteiger partial charge in [-0.3, -0.25) is 14.3 Å². The lowest BCUT2D eigenvalue weighted by Crippen LogP contribution is -2.33. The highest BCUT2D eigenvalue weighted by atomic mass is 18.2. The molecule has 3 atom stereocenters. The highest BCUT2D eigenvalue weighted by Crippen LogP contribution is 2.29. The van der Waals surface area contributed by atoms with Gasteiger partial charge in [0.1, 0.15) is 18.5 Å². The van der Waals surface area contributed by atoms with Gasteiger partial charge >= 0.3 is 5.69 Å². The van der Waals surface area contributed by atoms with Gasteiger partial charge in [0.2, 0.25) is 0 Å². The second-order valence-corrected chi connectivity index (χ2v) is 4.04. The van der Waals surface area contributed by atoms with E-state index in [0.717, 1.165) is 4.57 Å². The molecule has 0 bridgehead atoms. The topological polar surface area (TPSA) is 84.3 Å². The first kappa shape index (κ1) is 12.0. The molecule has 0 unspecified atom stereocenters. The Hall–Kier alpha value is -1.47. The van der Waals surface area contributed by atoms with Gasteiger partial charge in [0.25, 0.3) is 5.56 Å². The maximum Gasteiger partial charge on any atom is 0.330 e. The molecule has 0 amide bonds. The summed E-state index contributed by atoms with van der Waals surface area (Å²) < 4.78 is 19.7. The Morgan fingerprint density at radius 2 is 2.35 bits per heavy atom. The molecule has 0 aromatic carbocycles. The first-order valence-electron chi connectivity index (χ1n) is 5.25. The van der Waals surface area contributed by atoms with Crippen LogP contribution in [0.1, 0.15) is 18.2 Å². The quantitative estimate of drug-likeness (QED) is 0.730. The molecule has 1 aromatic rings. The van der Waals surface area contributed by atoms with E-state index < -0.39 is 36.4 Å². The standard InChI is InChI=1S/C10H13FN2O4/c1-5-3-13(10(16)12-9(5)15)8-2-6(11)7(4-14)17-8/h3,6-8,14H,2,4H2,1H3,(H,12,15,16)/t6-,7-,8-/m1/s1/i11-1. The molecule has 17 heavy (non-hydrogen) atoms. The highest BCUT2D eigenvalue weighted by Gasteiger charge is 2.36. The maximum atomic E-state index is 13.4. The zero-order chi connectivity index (χ0) is 12.6. The van der Waals surface area contributed by atoms with Crippen LogP contribution >= 0.6 is 0 Å². The predicted octanol–water partition coefficient (Wildman–Crippen LogP) is -0.537. The molecule has 2 heterocycles. The Balaban J connectivity index is 2.34. The number of aliphatic hydroxyl groups is 1. The van der Waals surface area contributed by atoms with Gasteiger partial charge < -0.3 is 9.84 Å². The van der Waals surface area contributed by atoms with Crippen molar-refractivity contribution in [3.63, 3.8) is 0 Å². The fourth-order valence-corrected chi connectivity index (χ4v) is 1.82. The van der Waals surface area contributed by atoms with Crippen molar-refractivity contribution in [1.82, 2.24) is 9.55 Å². The number of alkyl halides is 1. The molecule has 1 aliphatic rings. The first-order chi connectivity index (χ1) is 8.02. The summed E-state index contributed by atoms with van der Waals surface area (Å²) in [5.74, 6) is 0. The van der Waals surface area contributed by atoms with E-state index in [9.17, 15) is 14.0 Å². The number of aryl methyl sites for hydroxylation is 1. The van der Waals surface area contributed by atoms with Crippen LogP contribution in [0.15, 0.2) is 15.8 Å². The predicted molar refractivity (Wildman–Crippen MR) is 56.6 cm³/mol. The van der Waals surface area contributed by atoms with E-state index in [1.807, 2.05) is 0 Å². The summed E-state index contributed by atoms with van der Waals surface area (Å²) in [7, 11) is 0. The minimum Gasteiger partial charge on any atom is -0.394 e. The summed E-state index contributed by atoms with van der Waals surface area (Å²) in [6, 6.07) is 0. The Labute approximate surface area is 95.7 Å². The smallest absolute Gasteiger partial charge is 0.330 e. The molecule has 1 aromatic heterocycles. The number of aromatic amines is 1. The van der Waals surface area contributed by atoms with E-state index in [-0.39, 0.29) is 6.42 Å². The number of nitrogens with zero attached hydrogens (tertiary/aromatic N) is 1. The maximum absolute atomic E-state index is 13.4. The largest absolute Gasteiger partial charge is 0.394 e. The van der Waals surface area contributed by atoms with Crippen molar-refractivity contribution in [1.29, 1.82) is 0 Å². The van der Waals surface area contributed by atoms with Crippen LogP contribution < -0.4 is 11.2 Å². The summed E-state index contributed by atoms with van der Waals surface area (Å²) >= 11 is 0. The van der Waals surface area contributed by atoms with Crippen LogP contribution in [0.4, 0.5) is 4.39 Å². The molecule has 0 spiro atoms. The first-order valence-corrected chi connectivity index (χ1v) is 5.25. The average molecular weight is 243 g/mol. The minimum absolute atomic E-state index is 0.0172. The molecule has 1 fully saturated rings. The van der Waals surface area contributed by atoms with Crippen molar-refractivity contribution >= 4 is 0 Å². The third kappa shape index (κ3) is 2.16. The summed E-state index contributed by atoms with van der Waals surface area (Å²) in [4.78, 5) is 24.8. The van der Waals surface area contributed by atoms with Crippen LogP contribution in [0.2, 0.25) is 0 Å². The second-order valence-electron chi connectivity index (χ2n) is 4.04. The molecule has 6 nitrogen and oxygen atoms in total. The highest BCUT2D eigenvalue weighted by molar-refractivity contribution is 5.02. The van der Waals surface area contributed by atoms with Crippen LogP contribution in [-0.4, -0.2) is 33.5 Å². The monoisotopic (exact) mass is 243 g/mol. The van der Waals surface area contributed by atoms with Crippen molar-refractivity contribution in [2.75, 3.05) is 6.61 Å². The zero-order valence-electron chi connectivity index (χ0n) is 9.22. The van der Waals surface area contributed by atoms with Crippen molar-refractivity contribution in [2.45, 2.75) is 31.8 Å². The van der Waals surface area contributed by atoms with Crippen LogP contribution in [0.5, 0.6) is 0 Å². The molecule has 2 N–H and O–H groups in total. The Bertz CT molecular complexity index is 524. The number of hydrogen-bond donors (Lipinski definition) is 2. The van der Waals surface area contributed by atoms with Crippen LogP contribution in [0.25, 0.3) is 0 Å². The number of rotatable bonds is 2. The van der Waals surface area contributed by atoms with Gasteiger partial charge in [-0.05, 0) is 6.92 Å². The van der Waals surface area contributed by atoms with E-state index in [0.29, 0.717) is 5.56 Å². The van der Waals surface area contributed by atoms with E-state index in [4.69, 9.17) is 9.84 Å². The lowest BCUT2D eigenvalue weighted by Gasteiger charge is -2.14. The van der Waals surface area contributed by atoms with Gasteiger partial charge in [-0.15, -0.1) is 0 Å². The lowest BCUT2D eigenvalue weighted by molar-refractivity contribution is -0.0356. The third-order valence-electron chi connectivity index (χ3n) is 2.80. The molecular formula is C10H13FN2O4. The van der Waals surface area contributed by atoms with Gasteiger partial charge in [-0.25, -0.2) is 9.18 Å². The van der Waals surface area contributed by atoms with Gasteiger partial charge in [0.15, 0.2) is 0 Å². The summed E-state index contributed by atoms with van der Waals surface area (Å²) in [6.45, 7) is 1.11. The minimum atomic E-state index is -1.32. The normalized spacial score (nSPS) is 28.5. The number of hydrogen-bond acceptors (Lipinski definition) is 4. The van der Waals surface area contributed by atoms with Crippen molar-refractivity contribution in [2.24, 2.45) is 0 Å². The molecule has 1 saturated heterocycles. The molecule has 2 rings (SSSR count). The fourth-order valence-electron chi connectivity index (χ4n) is 1.82.